The molecule has 276 valence electrons. The van der Waals surface area contributed by atoms with Crippen LogP contribution in [0.15, 0.2) is 69.8 Å². The summed E-state index contributed by atoms with van der Waals surface area (Å²) >= 11 is 5.62. The predicted octanol–water partition coefficient (Wildman–Crippen LogP) is 0.939. The topological polar surface area (TPSA) is 227 Å². The summed E-state index contributed by atoms with van der Waals surface area (Å²) in [6.07, 6.45) is -7.78. The number of aromatic nitrogens is 6. The Hall–Kier alpha value is -4.18. The zero-order valence-corrected chi connectivity index (χ0v) is 28.5. The van der Waals surface area contributed by atoms with Crippen molar-refractivity contribution in [3.63, 3.8) is 0 Å². The van der Waals surface area contributed by atoms with Crippen LogP contribution < -0.4 is 16.6 Å². The van der Waals surface area contributed by atoms with Crippen LogP contribution in [0, 0.1) is 0 Å². The molecule has 4 aromatic rings. The van der Waals surface area contributed by atoms with Gasteiger partial charge in [0.15, 0.2) is 41.8 Å². The minimum Gasteiger partial charge on any atom is -0.394 e. The third kappa shape index (κ3) is 7.49. The Labute approximate surface area is 296 Å². The summed E-state index contributed by atoms with van der Waals surface area (Å²) in [5.74, 6) is -0.383. The highest BCUT2D eigenvalue weighted by Crippen LogP contribution is 2.55. The molecule has 0 aliphatic carbocycles. The number of aliphatic hydroxyl groups is 2. The van der Waals surface area contributed by atoms with Gasteiger partial charge >= 0.3 is 12.4 Å². The van der Waals surface area contributed by atoms with Crippen LogP contribution in [-0.4, -0.2) is 114 Å². The first-order chi connectivity index (χ1) is 25.0. The maximum atomic E-state index is 15.7. The van der Waals surface area contributed by atoms with Gasteiger partial charge in [-0.15, -0.1) is 0 Å². The summed E-state index contributed by atoms with van der Waals surface area (Å²) in [6.45, 7) is -5.51. The number of halogens is 2. The molecule has 2 saturated heterocycles. The number of aliphatic imine (C=N–C) groups is 1. The molecule has 6 unspecified atom stereocenters. The molecule has 2 fully saturated rings. The second-order valence-corrected chi connectivity index (χ2v) is 14.8. The predicted molar refractivity (Wildman–Crippen MR) is 180 cm³/mol. The number of aliphatic hydroxyl groups excluding tert-OH is 2. The minimum absolute atomic E-state index is 0.0567. The van der Waals surface area contributed by atoms with Crippen LogP contribution in [0.4, 0.5) is 14.6 Å². The van der Waals surface area contributed by atoms with Crippen molar-refractivity contribution in [2.45, 2.75) is 61.7 Å². The van der Waals surface area contributed by atoms with Crippen molar-refractivity contribution < 1.29 is 46.8 Å². The van der Waals surface area contributed by atoms with Crippen molar-refractivity contribution in [3.8, 4) is 0 Å². The number of hydrogen-bond donors (Lipinski definition) is 4. The standard InChI is InChI=1S/C30H31F2N8O10PS/c31-20-18(49-28(23(20)43)40-14-36-22-25(34-13-35-26(22)40)38-27(44)15-4-2-1-3-5-15)12-47-51(52,46-9-7-16-10-33-16)50-24-21(32)17(11-41)48-29(24)39-8-6-19(42)37-30(39)45/h1-6,8,10,13-14,16-18,20-21,23-24,28-29,41,43H,7,9,11-12H2,(H,37,42,45)(H,34,35,38,44)/t16?,17-,18-,20?,21?,23?,24?,28-,29-,51?/m1/s1. The van der Waals surface area contributed by atoms with Gasteiger partial charge in [-0.05, 0) is 30.4 Å². The molecule has 0 bridgehead atoms. The van der Waals surface area contributed by atoms with E-state index in [4.69, 9.17) is 34.9 Å². The Morgan fingerprint density at radius 2 is 1.81 bits per heavy atom. The Kier molecular flexibility index (Phi) is 10.5. The molecular weight excluding hydrogens is 733 g/mol. The van der Waals surface area contributed by atoms with Crippen molar-refractivity contribution in [1.29, 1.82) is 0 Å². The van der Waals surface area contributed by atoms with Crippen LogP contribution >= 0.6 is 6.72 Å². The summed E-state index contributed by atoms with van der Waals surface area (Å²) in [7, 11) is 0. The lowest BCUT2D eigenvalue weighted by Crippen LogP contribution is -2.38. The first-order valence-corrected chi connectivity index (χ1v) is 18.4. The van der Waals surface area contributed by atoms with Crippen molar-refractivity contribution in [3.05, 3.63) is 81.7 Å². The molecule has 1 aromatic carbocycles. The van der Waals surface area contributed by atoms with Crippen molar-refractivity contribution >= 4 is 47.6 Å². The van der Waals surface area contributed by atoms with E-state index < -0.39 is 86.3 Å². The van der Waals surface area contributed by atoms with Crippen LogP contribution in [0.2, 0.25) is 0 Å². The van der Waals surface area contributed by atoms with Crippen molar-refractivity contribution in [2.24, 2.45) is 4.99 Å². The summed E-state index contributed by atoms with van der Waals surface area (Å²) in [5.41, 5.74) is -1.02. The molecule has 52 heavy (non-hydrogen) atoms. The molecule has 0 spiro atoms. The second kappa shape index (κ2) is 15.0. The molecule has 4 N–H and O–H groups in total. The van der Waals surface area contributed by atoms with Gasteiger partial charge in [0.1, 0.15) is 30.7 Å². The number of imidazole rings is 1. The minimum atomic E-state index is -4.04. The van der Waals surface area contributed by atoms with E-state index in [1.54, 1.807) is 36.5 Å². The lowest BCUT2D eigenvalue weighted by molar-refractivity contribution is -0.0596. The molecule has 22 heteroatoms. The molecule has 0 radical (unpaired) electrons. The first kappa shape index (κ1) is 36.2. The number of hydrogen-bond acceptors (Lipinski definition) is 15. The Morgan fingerprint density at radius 1 is 1.04 bits per heavy atom. The Morgan fingerprint density at radius 3 is 2.54 bits per heavy atom. The van der Waals surface area contributed by atoms with Gasteiger partial charge in [-0.1, -0.05) is 18.2 Å². The normalized spacial score (nSPS) is 29.3. The largest absolute Gasteiger partial charge is 0.394 e. The zero-order valence-electron chi connectivity index (χ0n) is 26.8. The third-order valence-electron chi connectivity index (χ3n) is 8.43. The second-order valence-electron chi connectivity index (χ2n) is 11.9. The monoisotopic (exact) mass is 764 g/mol. The summed E-state index contributed by atoms with van der Waals surface area (Å²) in [5, 5.41) is 23.3. The molecule has 10 atom stereocenters. The number of amides is 1. The van der Waals surface area contributed by atoms with E-state index in [1.165, 1.54) is 10.9 Å². The van der Waals surface area contributed by atoms with Crippen LogP contribution in [0.1, 0.15) is 29.2 Å². The first-order valence-electron chi connectivity index (χ1n) is 15.9. The number of carbonyl (C=O) groups excluding carboxylic acids is 1. The quantitative estimate of drug-likeness (QED) is 0.131. The maximum absolute atomic E-state index is 15.7. The zero-order chi connectivity index (χ0) is 36.6. The number of alkyl halides is 2. The molecule has 18 nitrogen and oxygen atoms in total. The SMILES string of the molecule is O=C(Nc1ncnc2c1ncn2[C@@H]1O[C@H](COP(=S)(OCCC2C=N2)OC2C(F)[C@@H](CO)O[C@H]2n2ccc(=O)[nH]c2=O)C(F)C1O)c1ccccc1. The molecule has 0 saturated carbocycles. The number of carbonyl (C=O) groups is 1. The van der Waals surface area contributed by atoms with Crippen molar-refractivity contribution in [1.82, 2.24) is 29.1 Å². The van der Waals surface area contributed by atoms with E-state index >= 15 is 8.78 Å². The highest BCUT2D eigenvalue weighted by Gasteiger charge is 2.51. The number of benzene rings is 1. The number of ether oxygens (including phenoxy) is 2. The summed E-state index contributed by atoms with van der Waals surface area (Å²) < 4.78 is 62.5. The number of H-pyrrole nitrogens is 1. The smallest absolute Gasteiger partial charge is 0.330 e. The number of nitrogens with zero attached hydrogens (tertiary/aromatic N) is 6. The number of fused-ring (bicyclic) bond motifs is 1. The molecular formula is C30H31F2N8O10PS. The molecule has 3 aliphatic rings. The van der Waals surface area contributed by atoms with Gasteiger partial charge in [-0.2, -0.15) is 0 Å². The average molecular weight is 765 g/mol. The van der Waals surface area contributed by atoms with E-state index in [9.17, 15) is 24.6 Å². The highest BCUT2D eigenvalue weighted by molar-refractivity contribution is 8.07. The van der Waals surface area contributed by atoms with E-state index in [1.807, 2.05) is 4.98 Å². The van der Waals surface area contributed by atoms with Crippen LogP contribution in [0.5, 0.6) is 0 Å². The number of anilines is 1. The number of aromatic amines is 1. The van der Waals surface area contributed by atoms with Gasteiger partial charge in [-0.3, -0.25) is 33.2 Å². The molecule has 3 aliphatic heterocycles. The van der Waals surface area contributed by atoms with Gasteiger partial charge in [0.2, 0.25) is 0 Å². The molecule has 1 amide bonds. The average Bonchev–Trinajstić information content (AvgIpc) is 3.69. The highest BCUT2D eigenvalue weighted by atomic mass is 32.5. The fourth-order valence-corrected chi connectivity index (χ4v) is 7.76. The molecule has 6 heterocycles. The van der Waals surface area contributed by atoms with Gasteiger partial charge in [0, 0.05) is 24.0 Å². The van der Waals surface area contributed by atoms with Crippen LogP contribution in [-0.2, 0) is 34.9 Å². The van der Waals surface area contributed by atoms with E-state index in [2.05, 4.69) is 25.3 Å². The van der Waals surface area contributed by atoms with Crippen molar-refractivity contribution in [2.75, 3.05) is 25.1 Å². The Balaban J connectivity index is 1.08. The fourth-order valence-electron chi connectivity index (χ4n) is 5.69. The summed E-state index contributed by atoms with van der Waals surface area (Å²) in [4.78, 5) is 55.6. The lowest BCUT2D eigenvalue weighted by atomic mass is 10.1. The van der Waals surface area contributed by atoms with E-state index in [-0.39, 0.29) is 29.6 Å². The van der Waals surface area contributed by atoms with Gasteiger partial charge < -0.3 is 34.1 Å². The van der Waals surface area contributed by atoms with Crippen LogP contribution in [0.3, 0.4) is 0 Å². The molecule has 3 aromatic heterocycles. The number of nitrogens with one attached hydrogen (secondary N) is 2. The maximum Gasteiger partial charge on any atom is 0.330 e. The Bertz CT molecular complexity index is 2120. The van der Waals surface area contributed by atoms with Gasteiger partial charge in [-0.25, -0.2) is 28.5 Å². The number of rotatable bonds is 14. The van der Waals surface area contributed by atoms with Gasteiger partial charge in [0.25, 0.3) is 11.5 Å². The van der Waals surface area contributed by atoms with Crippen LogP contribution in [0.25, 0.3) is 11.2 Å². The van der Waals surface area contributed by atoms with Gasteiger partial charge in [0.05, 0.1) is 32.2 Å². The van der Waals surface area contributed by atoms with E-state index in [0.29, 0.717) is 12.0 Å². The van der Waals surface area contributed by atoms with E-state index in [0.717, 1.165) is 23.2 Å². The third-order valence-corrected chi connectivity index (χ3v) is 10.8. The molecule has 7 rings (SSSR count). The summed E-state index contributed by atoms with van der Waals surface area (Å²) in [6, 6.07) is 9.31. The lowest BCUT2D eigenvalue weighted by Gasteiger charge is -2.29. The fraction of sp³-hybridized carbons (Fsp3) is 0.433.